The van der Waals surface area contributed by atoms with E-state index < -0.39 is 10.0 Å². The number of pyridine rings is 1. The molecule has 1 rings (SSSR count). The van der Waals surface area contributed by atoms with Gasteiger partial charge < -0.3 is 0 Å². The molecule has 1 N–H and O–H groups in total. The molecule has 0 aliphatic rings. The predicted octanol–water partition coefficient (Wildman–Crippen LogP) is 2.53. The quantitative estimate of drug-likeness (QED) is 0.809. The molecule has 1 unspecified atom stereocenters. The van der Waals surface area contributed by atoms with Gasteiger partial charge in [-0.3, -0.25) is 4.98 Å². The molecule has 17 heavy (non-hydrogen) atoms. The Kier molecular flexibility index (Phi) is 5.85. The van der Waals surface area contributed by atoms with Crippen molar-refractivity contribution >= 4 is 37.6 Å². The fourth-order valence-electron chi connectivity index (χ4n) is 1.24. The molecule has 0 amide bonds. The molecule has 96 valence electrons. The molecule has 1 aromatic rings. The van der Waals surface area contributed by atoms with E-state index in [2.05, 4.69) is 25.6 Å². The first-order chi connectivity index (χ1) is 7.95. The van der Waals surface area contributed by atoms with Gasteiger partial charge in [0.15, 0.2) is 0 Å². The van der Waals surface area contributed by atoms with Gasteiger partial charge in [-0.05, 0) is 28.4 Å². The van der Waals surface area contributed by atoms with Crippen LogP contribution in [-0.4, -0.2) is 25.3 Å². The van der Waals surface area contributed by atoms with Gasteiger partial charge in [-0.15, -0.1) is 11.6 Å². The maximum Gasteiger partial charge on any atom is 0.242 e. The Morgan fingerprint density at radius 3 is 2.82 bits per heavy atom. The minimum absolute atomic E-state index is 0.132. The van der Waals surface area contributed by atoms with Crippen LogP contribution in [0.15, 0.2) is 27.8 Å². The lowest BCUT2D eigenvalue weighted by Crippen LogP contribution is -2.29. The van der Waals surface area contributed by atoms with Crippen molar-refractivity contribution in [2.75, 3.05) is 6.54 Å². The highest BCUT2D eigenvalue weighted by molar-refractivity contribution is 9.10. The average molecular weight is 342 g/mol. The summed E-state index contributed by atoms with van der Waals surface area (Å²) in [5.41, 5.74) is 0. The van der Waals surface area contributed by atoms with E-state index in [-0.39, 0.29) is 16.8 Å². The summed E-state index contributed by atoms with van der Waals surface area (Å²) in [5, 5.41) is -0.185. The predicted molar refractivity (Wildman–Crippen MR) is 71.7 cm³/mol. The highest BCUT2D eigenvalue weighted by atomic mass is 79.9. The maximum atomic E-state index is 11.9. The van der Waals surface area contributed by atoms with Crippen molar-refractivity contribution in [3.8, 4) is 0 Å². The lowest BCUT2D eigenvalue weighted by molar-refractivity contribution is 0.576. The lowest BCUT2D eigenvalue weighted by Gasteiger charge is -2.10. The SMILES string of the molecule is CCCC(Cl)CNS(=O)(=O)c1cncc(Br)c1. The summed E-state index contributed by atoms with van der Waals surface area (Å²) >= 11 is 9.13. The van der Waals surface area contributed by atoms with E-state index in [0.29, 0.717) is 4.47 Å². The van der Waals surface area contributed by atoms with Crippen molar-refractivity contribution in [3.63, 3.8) is 0 Å². The number of alkyl halides is 1. The van der Waals surface area contributed by atoms with Gasteiger partial charge in [-0.25, -0.2) is 13.1 Å². The molecule has 0 radical (unpaired) electrons. The molecule has 0 aromatic carbocycles. The van der Waals surface area contributed by atoms with Crippen molar-refractivity contribution in [3.05, 3.63) is 22.9 Å². The largest absolute Gasteiger partial charge is 0.262 e. The van der Waals surface area contributed by atoms with E-state index in [1.807, 2.05) is 6.92 Å². The van der Waals surface area contributed by atoms with Crippen molar-refractivity contribution in [1.29, 1.82) is 0 Å². The van der Waals surface area contributed by atoms with Gasteiger partial charge >= 0.3 is 0 Å². The van der Waals surface area contributed by atoms with Gasteiger partial charge in [-0.2, -0.15) is 0 Å². The molecule has 0 aliphatic carbocycles. The average Bonchev–Trinajstić information content (AvgIpc) is 2.27. The summed E-state index contributed by atoms with van der Waals surface area (Å²) < 4.78 is 26.8. The third-order valence-corrected chi connectivity index (χ3v) is 4.28. The Morgan fingerprint density at radius 2 is 2.24 bits per heavy atom. The number of nitrogens with zero attached hydrogens (tertiary/aromatic N) is 1. The second-order valence-corrected chi connectivity index (χ2v) is 6.88. The summed E-state index contributed by atoms with van der Waals surface area (Å²) in [6, 6.07) is 1.50. The van der Waals surface area contributed by atoms with Crippen LogP contribution in [0, 0.1) is 0 Å². The van der Waals surface area contributed by atoms with Gasteiger partial charge in [0, 0.05) is 28.8 Å². The van der Waals surface area contributed by atoms with Gasteiger partial charge in [-0.1, -0.05) is 13.3 Å². The molecule has 0 spiro atoms. The van der Waals surface area contributed by atoms with Crippen LogP contribution >= 0.6 is 27.5 Å². The Bertz CT molecular complexity index is 467. The summed E-state index contributed by atoms with van der Waals surface area (Å²) in [4.78, 5) is 3.95. The van der Waals surface area contributed by atoms with Crippen LogP contribution < -0.4 is 4.72 Å². The first-order valence-corrected chi connectivity index (χ1v) is 7.91. The summed E-state index contributed by atoms with van der Waals surface area (Å²) in [5.74, 6) is 0. The van der Waals surface area contributed by atoms with Crippen LogP contribution in [0.5, 0.6) is 0 Å². The molecule has 0 fully saturated rings. The van der Waals surface area contributed by atoms with E-state index in [0.717, 1.165) is 12.8 Å². The van der Waals surface area contributed by atoms with Gasteiger partial charge in [0.2, 0.25) is 10.0 Å². The van der Waals surface area contributed by atoms with Gasteiger partial charge in [0.05, 0.1) is 0 Å². The van der Waals surface area contributed by atoms with E-state index in [9.17, 15) is 8.42 Å². The van der Waals surface area contributed by atoms with E-state index in [1.54, 1.807) is 0 Å². The summed E-state index contributed by atoms with van der Waals surface area (Å²) in [6.45, 7) is 2.23. The number of halogens is 2. The van der Waals surface area contributed by atoms with E-state index in [1.165, 1.54) is 18.5 Å². The van der Waals surface area contributed by atoms with E-state index in [4.69, 9.17) is 11.6 Å². The molecular formula is C10H14BrClN2O2S. The molecule has 1 aromatic heterocycles. The Balaban J connectivity index is 2.69. The molecule has 0 bridgehead atoms. The normalized spacial score (nSPS) is 13.6. The highest BCUT2D eigenvalue weighted by Gasteiger charge is 2.16. The van der Waals surface area contributed by atoms with Crippen molar-refractivity contribution in [1.82, 2.24) is 9.71 Å². The first kappa shape index (κ1) is 14.9. The smallest absolute Gasteiger partial charge is 0.242 e. The molecular weight excluding hydrogens is 328 g/mol. The second kappa shape index (κ2) is 6.68. The van der Waals surface area contributed by atoms with E-state index >= 15 is 0 Å². The zero-order valence-corrected chi connectivity index (χ0v) is 12.5. The lowest BCUT2D eigenvalue weighted by atomic mass is 10.2. The Labute approximate surface area is 115 Å². The Hall–Kier alpha value is -0.170. The van der Waals surface area contributed by atoms with Crippen LogP contribution in [0.2, 0.25) is 0 Å². The molecule has 0 saturated heterocycles. The number of hydrogen-bond donors (Lipinski definition) is 1. The monoisotopic (exact) mass is 340 g/mol. The number of aromatic nitrogens is 1. The maximum absolute atomic E-state index is 11.9. The third-order valence-electron chi connectivity index (χ3n) is 2.09. The summed E-state index contributed by atoms with van der Waals surface area (Å²) in [7, 11) is -3.52. The molecule has 0 saturated carbocycles. The summed E-state index contributed by atoms with van der Waals surface area (Å²) in [6.07, 6.45) is 4.53. The Morgan fingerprint density at radius 1 is 1.53 bits per heavy atom. The number of nitrogens with one attached hydrogen (secondary N) is 1. The molecule has 4 nitrogen and oxygen atoms in total. The van der Waals surface area contributed by atoms with Crippen LogP contribution in [0.25, 0.3) is 0 Å². The molecule has 7 heteroatoms. The molecule has 0 aliphatic heterocycles. The van der Waals surface area contributed by atoms with Crippen LogP contribution in [0.1, 0.15) is 19.8 Å². The van der Waals surface area contributed by atoms with Crippen LogP contribution in [-0.2, 0) is 10.0 Å². The van der Waals surface area contributed by atoms with Gasteiger partial charge in [0.25, 0.3) is 0 Å². The highest BCUT2D eigenvalue weighted by Crippen LogP contribution is 2.14. The zero-order valence-electron chi connectivity index (χ0n) is 9.36. The topological polar surface area (TPSA) is 59.1 Å². The van der Waals surface area contributed by atoms with Crippen LogP contribution in [0.3, 0.4) is 0 Å². The van der Waals surface area contributed by atoms with Crippen molar-refractivity contribution in [2.24, 2.45) is 0 Å². The number of sulfonamides is 1. The fraction of sp³-hybridized carbons (Fsp3) is 0.500. The fourth-order valence-corrected chi connectivity index (χ4v) is 3.21. The van der Waals surface area contributed by atoms with Crippen LogP contribution in [0.4, 0.5) is 0 Å². The third kappa shape index (κ3) is 4.91. The standard InChI is InChI=1S/C10H14BrClN2O2S/c1-2-3-9(12)6-14-17(15,16)10-4-8(11)5-13-7-10/h4-5,7,9,14H,2-3,6H2,1H3. The van der Waals surface area contributed by atoms with Crippen molar-refractivity contribution in [2.45, 2.75) is 30.0 Å². The minimum Gasteiger partial charge on any atom is -0.262 e. The number of hydrogen-bond acceptors (Lipinski definition) is 3. The zero-order chi connectivity index (χ0) is 12.9. The van der Waals surface area contributed by atoms with Crippen molar-refractivity contribution < 1.29 is 8.42 Å². The van der Waals surface area contributed by atoms with Gasteiger partial charge in [0.1, 0.15) is 4.90 Å². The molecule has 1 atom stereocenters. The first-order valence-electron chi connectivity index (χ1n) is 5.20. The molecule has 1 heterocycles. The number of rotatable bonds is 6. The second-order valence-electron chi connectivity index (χ2n) is 3.58. The minimum atomic E-state index is -3.52.